The van der Waals surface area contributed by atoms with Crippen LogP contribution in [0, 0.1) is 32.1 Å². The number of rotatable bonds is 7. The fraction of sp³-hybridized carbons (Fsp3) is 0.250. The largest absolute Gasteiger partial charge is 0.292 e. The first-order valence-corrected chi connectivity index (χ1v) is 13.8. The number of hydrazine groups is 1. The van der Waals surface area contributed by atoms with E-state index < -0.39 is 65.8 Å². The van der Waals surface area contributed by atoms with Crippen molar-refractivity contribution in [3.05, 3.63) is 90.0 Å². The summed E-state index contributed by atoms with van der Waals surface area (Å²) in [6.07, 6.45) is 0. The number of ketones is 1. The van der Waals surface area contributed by atoms with Gasteiger partial charge in [-0.25, -0.2) is 5.01 Å². The van der Waals surface area contributed by atoms with E-state index in [0.717, 1.165) is 48.5 Å². The van der Waals surface area contributed by atoms with Crippen LogP contribution in [0.25, 0.3) is 0 Å². The van der Waals surface area contributed by atoms with E-state index in [-0.39, 0.29) is 32.6 Å². The second-order valence-corrected chi connectivity index (χ2v) is 12.7. The molecule has 12 nitrogen and oxygen atoms in total. The summed E-state index contributed by atoms with van der Waals surface area (Å²) >= 11 is 39.1. The fourth-order valence-electron chi connectivity index (χ4n) is 5.32. The maximum atomic E-state index is 13.9. The number of halogens is 6. The van der Waals surface area contributed by atoms with E-state index in [2.05, 4.69) is 0 Å². The third kappa shape index (κ3) is 3.89. The van der Waals surface area contributed by atoms with Gasteiger partial charge in [-0.15, -0.1) is 23.2 Å². The normalized spacial score (nSPS) is 27.3. The Hall–Kier alpha value is -3.00. The Balaban J connectivity index is 1.57. The summed E-state index contributed by atoms with van der Waals surface area (Å²) in [5.41, 5.74) is -1.01. The molecule has 42 heavy (non-hydrogen) atoms. The van der Waals surface area contributed by atoms with Crippen LogP contribution in [0.1, 0.15) is 20.7 Å². The van der Waals surface area contributed by atoms with E-state index in [0.29, 0.717) is 10.0 Å². The molecule has 1 aliphatic heterocycles. The molecule has 0 radical (unpaired) electrons. The number of allylic oxidation sites excluding steroid dienone is 2. The zero-order chi connectivity index (χ0) is 31.1. The lowest BCUT2D eigenvalue weighted by molar-refractivity contribution is -0.385. The lowest BCUT2D eigenvalue weighted by Gasteiger charge is -2.36. The van der Waals surface area contributed by atoms with Crippen LogP contribution in [-0.2, 0) is 9.59 Å². The standard InChI is InChI=1S/C24H12Cl6N4O8/c25-17-18(26)23(28)16-15(22(17,27)24(23,29)30)20(37)32(21(16)38)31(19(36)11-3-7-13(8-4-11)34(41)42)9-14(35)10-1-5-12(6-2-10)33(39)40/h1-8,15-16H,9H2/t15-,16-,22-,23-/m1/s1. The number of carbonyl (C=O) groups is 4. The average molecular weight is 697 g/mol. The number of hydrogen-bond donors (Lipinski definition) is 0. The highest BCUT2D eigenvalue weighted by molar-refractivity contribution is 6.66. The van der Waals surface area contributed by atoms with Gasteiger partial charge in [-0.05, 0) is 24.3 Å². The van der Waals surface area contributed by atoms with Crippen molar-refractivity contribution >= 4 is 104 Å². The van der Waals surface area contributed by atoms with Crippen LogP contribution >= 0.6 is 69.6 Å². The van der Waals surface area contributed by atoms with Gasteiger partial charge >= 0.3 is 0 Å². The number of benzene rings is 2. The van der Waals surface area contributed by atoms with Crippen molar-refractivity contribution in [3.8, 4) is 0 Å². The van der Waals surface area contributed by atoms with Gasteiger partial charge in [0.25, 0.3) is 29.1 Å². The smallest absolute Gasteiger partial charge is 0.273 e. The molecule has 1 saturated carbocycles. The minimum Gasteiger partial charge on any atom is -0.292 e. The van der Waals surface area contributed by atoms with E-state index in [1.807, 2.05) is 0 Å². The van der Waals surface area contributed by atoms with Crippen molar-refractivity contribution in [3.63, 3.8) is 0 Å². The number of nitro benzene ring substituents is 2. The number of nitrogens with zero attached hydrogens (tertiary/aromatic N) is 4. The van der Waals surface area contributed by atoms with Crippen LogP contribution < -0.4 is 0 Å². The van der Waals surface area contributed by atoms with Crippen molar-refractivity contribution in [2.45, 2.75) is 14.1 Å². The first-order chi connectivity index (χ1) is 19.5. The molecular formula is C24H12Cl6N4O8. The van der Waals surface area contributed by atoms with Crippen LogP contribution in [0.15, 0.2) is 58.6 Å². The van der Waals surface area contributed by atoms with Gasteiger partial charge in [0.2, 0.25) is 0 Å². The molecule has 1 saturated heterocycles. The number of amides is 3. The number of Topliss-reactive ketones (excluding diaryl/α,β-unsaturated/α-hetero) is 1. The molecule has 18 heteroatoms. The molecule has 218 valence electrons. The summed E-state index contributed by atoms with van der Waals surface area (Å²) in [6.45, 7) is -0.934. The molecule has 0 aromatic heterocycles. The van der Waals surface area contributed by atoms with E-state index in [9.17, 15) is 39.4 Å². The van der Waals surface area contributed by atoms with Crippen molar-refractivity contribution < 1.29 is 29.0 Å². The Kier molecular flexibility index (Phi) is 7.28. The first kappa shape index (κ1) is 30.5. The number of fused-ring (bicyclic) bond motifs is 5. The Morgan fingerprint density at radius 3 is 1.52 bits per heavy atom. The number of alkyl halides is 4. The van der Waals surface area contributed by atoms with Crippen LogP contribution in [0.5, 0.6) is 0 Å². The molecule has 2 fully saturated rings. The maximum Gasteiger partial charge on any atom is 0.273 e. The lowest BCUT2D eigenvalue weighted by atomic mass is 9.84. The van der Waals surface area contributed by atoms with E-state index in [1.54, 1.807) is 0 Å². The van der Waals surface area contributed by atoms with Crippen LogP contribution in [0.3, 0.4) is 0 Å². The number of hydrogen-bond acceptors (Lipinski definition) is 8. The molecule has 3 amide bonds. The summed E-state index contributed by atoms with van der Waals surface area (Å²) < 4.78 is -2.24. The predicted molar refractivity (Wildman–Crippen MR) is 151 cm³/mol. The van der Waals surface area contributed by atoms with Gasteiger partial charge in [0.15, 0.2) is 10.1 Å². The Bertz CT molecular complexity index is 1600. The third-order valence-corrected chi connectivity index (χ3v) is 11.6. The SMILES string of the molecule is O=C(CN(C(=O)c1ccc([N+](=O)[O-])cc1)N1C(=O)[C@H]2[C@H](C1=O)[C@@]1(Cl)C(Cl)=C(Cl)[C@@]2(Cl)C1(Cl)Cl)c1ccc([N+](=O)[O-])cc1. The highest BCUT2D eigenvalue weighted by Crippen LogP contribution is 2.77. The summed E-state index contributed by atoms with van der Waals surface area (Å²) in [6, 6.07) is 8.48. The average Bonchev–Trinajstić information content (AvgIpc) is 3.34. The molecule has 2 aromatic rings. The topological polar surface area (TPSA) is 161 Å². The zero-order valence-electron chi connectivity index (χ0n) is 20.3. The van der Waals surface area contributed by atoms with E-state index in [1.165, 1.54) is 0 Å². The summed E-state index contributed by atoms with van der Waals surface area (Å²) in [5.74, 6) is -7.40. The minimum atomic E-state index is -2.24. The van der Waals surface area contributed by atoms with Crippen molar-refractivity contribution in [1.29, 1.82) is 0 Å². The molecule has 2 bridgehead atoms. The Morgan fingerprint density at radius 2 is 1.14 bits per heavy atom. The molecule has 3 aliphatic rings. The lowest BCUT2D eigenvalue weighted by Crippen LogP contribution is -2.56. The number of nitro groups is 2. The minimum absolute atomic E-state index is 0.0997. The number of carbonyl (C=O) groups excluding carboxylic acids is 4. The van der Waals surface area contributed by atoms with Crippen LogP contribution in [0.4, 0.5) is 11.4 Å². The van der Waals surface area contributed by atoms with Gasteiger partial charge in [0.1, 0.15) is 16.3 Å². The highest BCUT2D eigenvalue weighted by atomic mass is 35.5. The van der Waals surface area contributed by atoms with Gasteiger partial charge in [0.05, 0.1) is 31.7 Å². The maximum absolute atomic E-state index is 13.9. The number of imide groups is 1. The number of non-ortho nitro benzene ring substituents is 2. The third-order valence-electron chi connectivity index (χ3n) is 7.38. The fourth-order valence-corrected chi connectivity index (χ4v) is 8.25. The van der Waals surface area contributed by atoms with Crippen molar-refractivity contribution in [2.75, 3.05) is 6.54 Å². The molecule has 2 aromatic carbocycles. The molecule has 2 aliphatic carbocycles. The summed E-state index contributed by atoms with van der Waals surface area (Å²) in [4.78, 5) is 71.0. The van der Waals surface area contributed by atoms with Crippen molar-refractivity contribution in [1.82, 2.24) is 10.0 Å². The molecule has 0 spiro atoms. The van der Waals surface area contributed by atoms with Gasteiger partial charge in [0, 0.05) is 35.4 Å². The van der Waals surface area contributed by atoms with Gasteiger partial charge in [-0.2, -0.15) is 5.01 Å². The van der Waals surface area contributed by atoms with Gasteiger partial charge in [-0.1, -0.05) is 46.4 Å². The quantitative estimate of drug-likeness (QED) is 0.126. The molecule has 0 N–H and O–H groups in total. The predicted octanol–water partition coefficient (Wildman–Crippen LogP) is 5.19. The molecular weight excluding hydrogens is 685 g/mol. The van der Waals surface area contributed by atoms with Crippen LogP contribution in [-0.4, -0.2) is 64.0 Å². The Morgan fingerprint density at radius 1 is 0.762 bits per heavy atom. The molecule has 5 rings (SSSR count). The molecule has 0 unspecified atom stereocenters. The second kappa shape index (κ2) is 10.0. The first-order valence-electron chi connectivity index (χ1n) is 11.5. The van der Waals surface area contributed by atoms with E-state index in [4.69, 9.17) is 69.6 Å². The van der Waals surface area contributed by atoms with Crippen LogP contribution in [0.2, 0.25) is 0 Å². The summed E-state index contributed by atoms with van der Waals surface area (Å²) in [7, 11) is 0. The van der Waals surface area contributed by atoms with Gasteiger partial charge < -0.3 is 0 Å². The molecule has 1 heterocycles. The summed E-state index contributed by atoms with van der Waals surface area (Å²) in [5, 5.41) is 22.2. The molecule has 4 atom stereocenters. The highest BCUT2D eigenvalue weighted by Gasteiger charge is 2.88. The monoisotopic (exact) mass is 694 g/mol. The zero-order valence-corrected chi connectivity index (χ0v) is 24.8. The van der Waals surface area contributed by atoms with E-state index >= 15 is 0 Å². The second-order valence-electron chi connectivity index (χ2n) is 9.46. The van der Waals surface area contributed by atoms with Gasteiger partial charge in [-0.3, -0.25) is 39.4 Å². The Labute approximate surface area is 264 Å². The van der Waals surface area contributed by atoms with Crippen molar-refractivity contribution in [2.24, 2.45) is 11.8 Å².